The molecule has 0 unspecified atom stereocenters. The normalized spacial score (nSPS) is 11.9. The highest BCUT2D eigenvalue weighted by molar-refractivity contribution is 7.26. The number of thiophene rings is 1. The summed E-state index contributed by atoms with van der Waals surface area (Å²) in [7, 11) is 0. The Labute approximate surface area is 325 Å². The van der Waals surface area contributed by atoms with Gasteiger partial charge in [-0.1, -0.05) is 140 Å². The first-order chi connectivity index (χ1) is 27.7. The molecule has 0 amide bonds. The van der Waals surface area contributed by atoms with Gasteiger partial charge < -0.3 is 4.42 Å². The summed E-state index contributed by atoms with van der Waals surface area (Å²) in [5, 5.41) is 10.4. The van der Waals surface area contributed by atoms with Crippen molar-refractivity contribution in [2.24, 2.45) is 0 Å². The zero-order chi connectivity index (χ0) is 36.7. The van der Waals surface area contributed by atoms with E-state index in [0.717, 1.165) is 65.5 Å². The molecule has 9 aromatic carbocycles. The minimum atomic E-state index is 0.681. The van der Waals surface area contributed by atoms with Crippen LogP contribution in [0.25, 0.3) is 119 Å². The Balaban J connectivity index is 1.14. The van der Waals surface area contributed by atoms with Gasteiger partial charge in [0.1, 0.15) is 11.2 Å². The number of para-hydroxylation sites is 1. The highest BCUT2D eigenvalue weighted by Gasteiger charge is 2.22. The van der Waals surface area contributed by atoms with Crippen LogP contribution < -0.4 is 0 Å². The molecule has 0 aliphatic heterocycles. The van der Waals surface area contributed by atoms with Crippen LogP contribution in [0.5, 0.6) is 0 Å². The van der Waals surface area contributed by atoms with Gasteiger partial charge in [-0.25, -0.2) is 9.97 Å². The van der Waals surface area contributed by atoms with Gasteiger partial charge in [0.25, 0.3) is 0 Å². The number of fused-ring (bicyclic) bond motifs is 10. The first kappa shape index (κ1) is 31.2. The highest BCUT2D eigenvalue weighted by atomic mass is 32.1. The average Bonchev–Trinajstić information content (AvgIpc) is 3.84. The lowest BCUT2D eigenvalue weighted by atomic mass is 9.94. The standard InChI is InChI=1S/C52H30N2OS/c1-2-12-31(13-3-1)32-22-23-34-27-35(25-24-33(34)26-32)37-29-44(48-41-18-8-10-20-45(41)55-46(48)30-37)52-53-49-42-19-9-11-21-47(42)56-51(49)50(54-52)43-28-36-14-4-5-15-38(36)39-16-6-7-17-40(39)43/h1-30H. The highest BCUT2D eigenvalue weighted by Crippen LogP contribution is 2.45. The van der Waals surface area contributed by atoms with E-state index < -0.39 is 0 Å². The number of nitrogens with zero attached hydrogens (tertiary/aromatic N) is 2. The topological polar surface area (TPSA) is 38.9 Å². The molecule has 0 atom stereocenters. The summed E-state index contributed by atoms with van der Waals surface area (Å²) in [4.78, 5) is 11.1. The summed E-state index contributed by atoms with van der Waals surface area (Å²) < 4.78 is 8.92. The molecular weight excluding hydrogens is 701 g/mol. The number of rotatable bonds is 4. The molecule has 0 saturated carbocycles. The molecule has 12 aromatic rings. The summed E-state index contributed by atoms with van der Waals surface area (Å²) >= 11 is 1.77. The fraction of sp³-hybridized carbons (Fsp3) is 0. The maximum atomic E-state index is 6.64. The Morgan fingerprint density at radius 1 is 0.393 bits per heavy atom. The third kappa shape index (κ3) is 4.83. The van der Waals surface area contributed by atoms with Crippen LogP contribution in [-0.2, 0) is 0 Å². The second-order valence-corrected chi connectivity index (χ2v) is 15.6. The van der Waals surface area contributed by atoms with E-state index >= 15 is 0 Å². The zero-order valence-corrected chi connectivity index (χ0v) is 30.8. The van der Waals surface area contributed by atoms with Gasteiger partial charge in [-0.15, -0.1) is 11.3 Å². The van der Waals surface area contributed by atoms with Crippen molar-refractivity contribution in [3.8, 4) is 44.9 Å². The van der Waals surface area contributed by atoms with E-state index in [9.17, 15) is 0 Å². The van der Waals surface area contributed by atoms with Crippen LogP contribution in [0.1, 0.15) is 0 Å². The maximum absolute atomic E-state index is 6.64. The second-order valence-electron chi connectivity index (χ2n) is 14.5. The summed E-state index contributed by atoms with van der Waals surface area (Å²) in [5.41, 5.74) is 10.2. The molecule has 3 nitrogen and oxygen atoms in total. The predicted molar refractivity (Wildman–Crippen MR) is 236 cm³/mol. The van der Waals surface area contributed by atoms with Crippen molar-refractivity contribution < 1.29 is 4.42 Å². The third-order valence-corrected chi connectivity index (χ3v) is 12.4. The maximum Gasteiger partial charge on any atom is 0.161 e. The molecule has 3 aromatic heterocycles. The van der Waals surface area contributed by atoms with E-state index in [-0.39, 0.29) is 0 Å². The summed E-state index contributed by atoms with van der Waals surface area (Å²) in [6.07, 6.45) is 0. The largest absolute Gasteiger partial charge is 0.456 e. The van der Waals surface area contributed by atoms with Crippen LogP contribution in [0.3, 0.4) is 0 Å². The molecule has 0 aliphatic rings. The van der Waals surface area contributed by atoms with Crippen LogP contribution in [0.2, 0.25) is 0 Å². The molecule has 0 N–H and O–H groups in total. The van der Waals surface area contributed by atoms with Crippen molar-refractivity contribution in [2.45, 2.75) is 0 Å². The van der Waals surface area contributed by atoms with Crippen LogP contribution in [0.4, 0.5) is 0 Å². The van der Waals surface area contributed by atoms with E-state index in [1.54, 1.807) is 11.3 Å². The van der Waals surface area contributed by atoms with Gasteiger partial charge in [-0.2, -0.15) is 0 Å². The molecule has 3 heterocycles. The Morgan fingerprint density at radius 3 is 1.88 bits per heavy atom. The molecule has 4 heteroatoms. The van der Waals surface area contributed by atoms with Gasteiger partial charge in [0.15, 0.2) is 5.82 Å². The molecule has 260 valence electrons. The van der Waals surface area contributed by atoms with Gasteiger partial charge >= 0.3 is 0 Å². The number of hydrogen-bond acceptors (Lipinski definition) is 4. The van der Waals surface area contributed by atoms with Gasteiger partial charge in [0, 0.05) is 32.0 Å². The molecule has 0 saturated heterocycles. The Hall–Kier alpha value is -7.14. The Kier molecular flexibility index (Phi) is 6.80. The molecule has 0 aliphatic carbocycles. The number of hydrogen-bond donors (Lipinski definition) is 0. The smallest absolute Gasteiger partial charge is 0.161 e. The second kappa shape index (κ2) is 12.2. The summed E-state index contributed by atoms with van der Waals surface area (Å²) in [5.74, 6) is 0.681. The Morgan fingerprint density at radius 2 is 1.05 bits per heavy atom. The van der Waals surface area contributed by atoms with Crippen LogP contribution in [-0.4, -0.2) is 9.97 Å². The molecule has 12 rings (SSSR count). The van der Waals surface area contributed by atoms with E-state index in [4.69, 9.17) is 14.4 Å². The monoisotopic (exact) mass is 730 g/mol. The quantitative estimate of drug-likeness (QED) is 0.169. The van der Waals surface area contributed by atoms with Gasteiger partial charge in [0.05, 0.1) is 15.9 Å². The Bertz CT molecular complexity index is 3540. The van der Waals surface area contributed by atoms with Crippen molar-refractivity contribution in [1.82, 2.24) is 9.97 Å². The number of furan rings is 1. The molecule has 0 radical (unpaired) electrons. The number of aromatic nitrogens is 2. The lowest BCUT2D eigenvalue weighted by molar-refractivity contribution is 0.669. The van der Waals surface area contributed by atoms with E-state index in [1.165, 1.54) is 48.1 Å². The van der Waals surface area contributed by atoms with Crippen molar-refractivity contribution in [2.75, 3.05) is 0 Å². The van der Waals surface area contributed by atoms with E-state index in [0.29, 0.717) is 5.82 Å². The van der Waals surface area contributed by atoms with Crippen molar-refractivity contribution in [1.29, 1.82) is 0 Å². The predicted octanol–water partition coefficient (Wildman–Crippen LogP) is 14.9. The molecule has 0 spiro atoms. The fourth-order valence-electron chi connectivity index (χ4n) is 8.58. The SMILES string of the molecule is c1ccc(-c2ccc3cc(-c4cc(-c5nc(-c6cc7ccccc7c7ccccc67)c6sc7ccccc7c6n5)c5c(c4)oc4ccccc45)ccc3c2)cc1. The van der Waals surface area contributed by atoms with Crippen LogP contribution >= 0.6 is 11.3 Å². The molecular formula is C52H30N2OS. The molecule has 56 heavy (non-hydrogen) atoms. The average molecular weight is 731 g/mol. The lowest BCUT2D eigenvalue weighted by Gasteiger charge is -2.13. The third-order valence-electron chi connectivity index (χ3n) is 11.2. The van der Waals surface area contributed by atoms with E-state index in [2.05, 4.69) is 170 Å². The van der Waals surface area contributed by atoms with Crippen molar-refractivity contribution in [3.63, 3.8) is 0 Å². The minimum absolute atomic E-state index is 0.681. The van der Waals surface area contributed by atoms with Gasteiger partial charge in [-0.3, -0.25) is 0 Å². The van der Waals surface area contributed by atoms with Crippen LogP contribution in [0, 0.1) is 0 Å². The van der Waals surface area contributed by atoms with Gasteiger partial charge in [0.2, 0.25) is 0 Å². The van der Waals surface area contributed by atoms with Crippen LogP contribution in [0.15, 0.2) is 186 Å². The van der Waals surface area contributed by atoms with E-state index in [1.807, 2.05) is 12.1 Å². The summed E-state index contributed by atoms with van der Waals surface area (Å²) in [6, 6.07) is 64.9. The van der Waals surface area contributed by atoms with Gasteiger partial charge in [-0.05, 0) is 97.0 Å². The fourth-order valence-corrected chi connectivity index (χ4v) is 9.72. The minimum Gasteiger partial charge on any atom is -0.456 e. The first-order valence-electron chi connectivity index (χ1n) is 18.9. The molecule has 0 fully saturated rings. The summed E-state index contributed by atoms with van der Waals surface area (Å²) in [6.45, 7) is 0. The van der Waals surface area contributed by atoms with Crippen molar-refractivity contribution >= 4 is 85.9 Å². The first-order valence-corrected chi connectivity index (χ1v) is 19.7. The van der Waals surface area contributed by atoms with Crippen molar-refractivity contribution in [3.05, 3.63) is 182 Å². The lowest BCUT2D eigenvalue weighted by Crippen LogP contribution is -1.96. The zero-order valence-electron chi connectivity index (χ0n) is 30.0. The molecule has 0 bridgehead atoms. The number of benzene rings is 9.